The number of hydrogen-bond acceptors (Lipinski definition) is 6. The Labute approximate surface area is 407 Å². The summed E-state index contributed by atoms with van der Waals surface area (Å²) in [5, 5.41) is 0. The Hall–Kier alpha value is -3.41. The lowest BCUT2D eigenvalue weighted by Crippen LogP contribution is -2.30. The Morgan fingerprint density at radius 1 is 0.318 bits per heavy atom. The predicted molar refractivity (Wildman–Crippen MR) is 284 cm³/mol. The van der Waals surface area contributed by atoms with Crippen molar-refractivity contribution >= 4 is 17.9 Å². The van der Waals surface area contributed by atoms with Crippen LogP contribution in [0.2, 0.25) is 0 Å². The van der Waals surface area contributed by atoms with Gasteiger partial charge in [0.2, 0.25) is 0 Å². The zero-order valence-corrected chi connectivity index (χ0v) is 43.2. The summed E-state index contributed by atoms with van der Waals surface area (Å²) in [6, 6.07) is 0. The van der Waals surface area contributed by atoms with E-state index in [1.807, 2.05) is 6.08 Å². The van der Waals surface area contributed by atoms with E-state index in [0.29, 0.717) is 19.3 Å². The number of rotatable bonds is 49. The molecule has 0 spiro atoms. The van der Waals surface area contributed by atoms with Gasteiger partial charge in [-0.3, -0.25) is 14.4 Å². The van der Waals surface area contributed by atoms with Crippen LogP contribution in [-0.4, -0.2) is 37.2 Å². The molecule has 0 aliphatic heterocycles. The van der Waals surface area contributed by atoms with E-state index in [4.69, 9.17) is 14.2 Å². The maximum absolute atomic E-state index is 12.8. The molecule has 0 saturated carbocycles. The topological polar surface area (TPSA) is 78.9 Å². The third-order valence-corrected chi connectivity index (χ3v) is 11.6. The number of esters is 3. The fourth-order valence-electron chi connectivity index (χ4n) is 7.52. The molecule has 1 unspecified atom stereocenters. The van der Waals surface area contributed by atoms with Gasteiger partial charge in [-0.15, -0.1) is 0 Å². The highest BCUT2D eigenvalue weighted by molar-refractivity contribution is 5.71. The van der Waals surface area contributed by atoms with Gasteiger partial charge in [-0.1, -0.05) is 241 Å². The SMILES string of the molecule is CC/C=C\C/C=C\C/C=C\C/C=C\C/C=C\C/C=C\CCC(=O)OCC(COC(=O)CCCCCCCCCCCCCCCC)OC(=O)CCCCCCC/C=C\CCCCCCCC. The Bertz CT molecular complexity index is 1290. The van der Waals surface area contributed by atoms with Crippen molar-refractivity contribution < 1.29 is 28.6 Å². The zero-order chi connectivity index (χ0) is 47.9. The van der Waals surface area contributed by atoms with Gasteiger partial charge in [0.25, 0.3) is 0 Å². The van der Waals surface area contributed by atoms with Crippen molar-refractivity contribution in [2.24, 2.45) is 0 Å². The number of unbranched alkanes of at least 4 members (excludes halogenated alkanes) is 24. The molecule has 1 atom stereocenters. The van der Waals surface area contributed by atoms with E-state index in [9.17, 15) is 14.4 Å². The number of carbonyl (C=O) groups excluding carboxylic acids is 3. The summed E-state index contributed by atoms with van der Waals surface area (Å²) in [4.78, 5) is 38.0. The van der Waals surface area contributed by atoms with Crippen LogP contribution in [0.3, 0.4) is 0 Å². The summed E-state index contributed by atoms with van der Waals surface area (Å²) in [7, 11) is 0. The first-order valence-corrected chi connectivity index (χ1v) is 27.6. The van der Waals surface area contributed by atoms with Gasteiger partial charge in [-0.05, 0) is 83.5 Å². The van der Waals surface area contributed by atoms with Crippen LogP contribution in [0.25, 0.3) is 0 Å². The minimum atomic E-state index is -0.809. The van der Waals surface area contributed by atoms with E-state index in [2.05, 4.69) is 99.8 Å². The third kappa shape index (κ3) is 51.6. The molecule has 6 heteroatoms. The molecule has 0 fully saturated rings. The quantitative estimate of drug-likeness (QED) is 0.0262. The second-order valence-corrected chi connectivity index (χ2v) is 18.1. The number of allylic oxidation sites excluding steroid dienone is 14. The second kappa shape index (κ2) is 54.2. The summed E-state index contributed by atoms with van der Waals surface area (Å²) in [5.74, 6) is -0.993. The zero-order valence-electron chi connectivity index (χ0n) is 43.2. The normalized spacial score (nSPS) is 12.7. The molecular formula is C60H102O6. The van der Waals surface area contributed by atoms with Gasteiger partial charge < -0.3 is 14.2 Å². The molecule has 0 heterocycles. The highest BCUT2D eigenvalue weighted by Crippen LogP contribution is 2.15. The molecule has 378 valence electrons. The van der Waals surface area contributed by atoms with Gasteiger partial charge in [0, 0.05) is 19.3 Å². The van der Waals surface area contributed by atoms with Crippen LogP contribution in [0.1, 0.15) is 258 Å². The molecule has 6 nitrogen and oxygen atoms in total. The van der Waals surface area contributed by atoms with E-state index >= 15 is 0 Å². The average molecular weight is 919 g/mol. The molecule has 0 rings (SSSR count). The maximum Gasteiger partial charge on any atom is 0.306 e. The van der Waals surface area contributed by atoms with Crippen LogP contribution in [0.4, 0.5) is 0 Å². The Morgan fingerprint density at radius 2 is 0.621 bits per heavy atom. The molecule has 0 radical (unpaired) electrons. The second-order valence-electron chi connectivity index (χ2n) is 18.1. The Morgan fingerprint density at radius 3 is 1.02 bits per heavy atom. The van der Waals surface area contributed by atoms with Crippen molar-refractivity contribution in [2.75, 3.05) is 13.2 Å². The molecule has 0 aliphatic carbocycles. The summed E-state index contributed by atoms with van der Waals surface area (Å²) < 4.78 is 16.8. The number of ether oxygens (including phenoxy) is 3. The Balaban J connectivity index is 4.50. The minimum absolute atomic E-state index is 0.101. The predicted octanol–water partition coefficient (Wildman–Crippen LogP) is 18.4. The average Bonchev–Trinajstić information content (AvgIpc) is 3.31. The smallest absolute Gasteiger partial charge is 0.306 e. The molecule has 0 bridgehead atoms. The molecule has 0 saturated heterocycles. The first-order chi connectivity index (χ1) is 32.5. The highest BCUT2D eigenvalue weighted by Gasteiger charge is 2.19. The molecule has 66 heavy (non-hydrogen) atoms. The minimum Gasteiger partial charge on any atom is -0.462 e. The van der Waals surface area contributed by atoms with E-state index < -0.39 is 6.10 Å². The lowest BCUT2D eigenvalue weighted by molar-refractivity contribution is -0.166. The largest absolute Gasteiger partial charge is 0.462 e. The van der Waals surface area contributed by atoms with Crippen molar-refractivity contribution in [1.29, 1.82) is 0 Å². The van der Waals surface area contributed by atoms with Crippen LogP contribution in [0.5, 0.6) is 0 Å². The van der Waals surface area contributed by atoms with Crippen LogP contribution in [0.15, 0.2) is 85.1 Å². The highest BCUT2D eigenvalue weighted by atomic mass is 16.6. The van der Waals surface area contributed by atoms with Gasteiger partial charge in [0.05, 0.1) is 0 Å². The molecule has 0 N–H and O–H groups in total. The first kappa shape index (κ1) is 62.6. The van der Waals surface area contributed by atoms with E-state index in [0.717, 1.165) is 89.9 Å². The van der Waals surface area contributed by atoms with Crippen molar-refractivity contribution in [1.82, 2.24) is 0 Å². The van der Waals surface area contributed by atoms with Crippen molar-refractivity contribution in [2.45, 2.75) is 264 Å². The summed E-state index contributed by atoms with van der Waals surface area (Å²) in [5.41, 5.74) is 0. The summed E-state index contributed by atoms with van der Waals surface area (Å²) in [6.45, 7) is 6.46. The van der Waals surface area contributed by atoms with Crippen molar-refractivity contribution in [3.63, 3.8) is 0 Å². The van der Waals surface area contributed by atoms with Gasteiger partial charge in [-0.25, -0.2) is 0 Å². The molecule has 0 aliphatic rings. The van der Waals surface area contributed by atoms with Crippen LogP contribution < -0.4 is 0 Å². The van der Waals surface area contributed by atoms with Crippen LogP contribution in [0, 0.1) is 0 Å². The summed E-state index contributed by atoms with van der Waals surface area (Å²) in [6.07, 6.45) is 70.1. The standard InChI is InChI=1S/C60H102O6/c1-4-7-10-13-16-19-22-25-28-29-30-31-33-35-38-41-44-47-50-53-59(62)65-56-57(55-64-58(61)52-49-46-43-40-37-34-27-24-21-18-15-12-9-6-3)66-60(63)54-51-48-45-42-39-36-32-26-23-20-17-14-11-8-5-2/h7,10,16,19,25-26,28,30-32,35,38,44,47,57H,4-6,8-9,11-15,17-18,20-24,27,29,33-34,36-37,39-43,45-46,48-56H2,1-3H3/b10-7-,19-16-,28-25-,31-30-,32-26-,38-35-,47-44-. The van der Waals surface area contributed by atoms with E-state index in [1.165, 1.54) is 122 Å². The Kier molecular flexibility index (Phi) is 51.4. The fourth-order valence-corrected chi connectivity index (χ4v) is 7.52. The molecule has 0 aromatic heterocycles. The van der Waals surface area contributed by atoms with Crippen molar-refractivity contribution in [3.8, 4) is 0 Å². The van der Waals surface area contributed by atoms with E-state index in [1.54, 1.807) is 0 Å². The fraction of sp³-hybridized carbons (Fsp3) is 0.717. The van der Waals surface area contributed by atoms with E-state index in [-0.39, 0.29) is 37.5 Å². The lowest BCUT2D eigenvalue weighted by Gasteiger charge is -2.18. The molecule has 0 aromatic rings. The molecular weight excluding hydrogens is 817 g/mol. The van der Waals surface area contributed by atoms with Gasteiger partial charge in [0.1, 0.15) is 13.2 Å². The summed E-state index contributed by atoms with van der Waals surface area (Å²) >= 11 is 0. The van der Waals surface area contributed by atoms with Crippen molar-refractivity contribution in [3.05, 3.63) is 85.1 Å². The van der Waals surface area contributed by atoms with Crippen LogP contribution >= 0.6 is 0 Å². The molecule has 0 amide bonds. The van der Waals surface area contributed by atoms with Gasteiger partial charge in [-0.2, -0.15) is 0 Å². The maximum atomic E-state index is 12.8. The van der Waals surface area contributed by atoms with Gasteiger partial charge >= 0.3 is 17.9 Å². The molecule has 0 aromatic carbocycles. The number of hydrogen-bond donors (Lipinski definition) is 0. The first-order valence-electron chi connectivity index (χ1n) is 27.6. The monoisotopic (exact) mass is 919 g/mol. The van der Waals surface area contributed by atoms with Crippen LogP contribution in [-0.2, 0) is 28.6 Å². The number of carbonyl (C=O) groups is 3. The van der Waals surface area contributed by atoms with Gasteiger partial charge in [0.15, 0.2) is 6.10 Å². The lowest BCUT2D eigenvalue weighted by atomic mass is 10.0. The third-order valence-electron chi connectivity index (χ3n) is 11.6.